The van der Waals surface area contributed by atoms with E-state index in [2.05, 4.69) is 9.97 Å². The third-order valence-corrected chi connectivity index (χ3v) is 5.44. The van der Waals surface area contributed by atoms with Crippen LogP contribution in [0.1, 0.15) is 16.2 Å². The maximum absolute atomic E-state index is 13.3. The van der Waals surface area contributed by atoms with E-state index in [9.17, 15) is 9.59 Å². The fourth-order valence-electron chi connectivity index (χ4n) is 3.93. The zero-order valence-corrected chi connectivity index (χ0v) is 16.9. The topological polar surface area (TPSA) is 67.8 Å². The second-order valence-electron chi connectivity index (χ2n) is 7.33. The van der Waals surface area contributed by atoms with Crippen molar-refractivity contribution in [1.29, 1.82) is 0 Å². The molecule has 2 heterocycles. The lowest BCUT2D eigenvalue weighted by Crippen LogP contribution is -2.18. The number of aromatic amines is 1. The Kier molecular flexibility index (Phi) is 4.56. The number of rotatable bonds is 4. The van der Waals surface area contributed by atoms with Crippen molar-refractivity contribution in [2.24, 2.45) is 7.05 Å². The highest BCUT2D eigenvalue weighted by molar-refractivity contribution is 6.15. The first-order valence-corrected chi connectivity index (χ1v) is 9.98. The van der Waals surface area contributed by atoms with Crippen LogP contribution < -0.4 is 5.56 Å². The van der Waals surface area contributed by atoms with Gasteiger partial charge in [0.1, 0.15) is 5.82 Å². The Morgan fingerprint density at radius 3 is 2.45 bits per heavy atom. The van der Waals surface area contributed by atoms with E-state index < -0.39 is 5.56 Å². The summed E-state index contributed by atoms with van der Waals surface area (Å²) >= 11 is 0. The molecule has 0 saturated heterocycles. The van der Waals surface area contributed by atoms with Crippen LogP contribution >= 0.6 is 0 Å². The van der Waals surface area contributed by atoms with E-state index in [1.165, 1.54) is 6.08 Å². The standard InChI is InChI=1S/C26H19N3O2/c1-29-21-14-8-7-13-20(21)27-23(29)16-15-22(30)25-24(17-9-3-2-4-10-17)18-11-5-6-12-19(18)28-26(25)31/h2-16H,1H3,(H,28,31)/b16-15+. The smallest absolute Gasteiger partial charge is 0.260 e. The number of nitrogens with zero attached hydrogens (tertiary/aromatic N) is 2. The first-order valence-electron chi connectivity index (χ1n) is 9.98. The van der Waals surface area contributed by atoms with Crippen molar-refractivity contribution in [3.63, 3.8) is 0 Å². The third-order valence-electron chi connectivity index (χ3n) is 5.44. The number of allylic oxidation sites excluding steroid dienone is 1. The summed E-state index contributed by atoms with van der Waals surface area (Å²) in [7, 11) is 1.90. The van der Waals surface area contributed by atoms with Gasteiger partial charge in [0.25, 0.3) is 5.56 Å². The van der Waals surface area contributed by atoms with E-state index in [1.807, 2.05) is 90.5 Å². The van der Waals surface area contributed by atoms with Crippen LogP contribution in [0.5, 0.6) is 0 Å². The first kappa shape index (κ1) is 18.8. The van der Waals surface area contributed by atoms with Crippen LogP contribution in [0.15, 0.2) is 89.7 Å². The van der Waals surface area contributed by atoms with E-state index in [1.54, 1.807) is 6.08 Å². The number of imidazole rings is 1. The molecule has 0 amide bonds. The van der Waals surface area contributed by atoms with Crippen molar-refractivity contribution in [2.75, 3.05) is 0 Å². The van der Waals surface area contributed by atoms with Gasteiger partial charge in [-0.2, -0.15) is 0 Å². The van der Waals surface area contributed by atoms with Gasteiger partial charge in [0.05, 0.1) is 16.6 Å². The number of pyridine rings is 1. The van der Waals surface area contributed by atoms with Crippen molar-refractivity contribution in [3.05, 3.63) is 107 Å². The monoisotopic (exact) mass is 405 g/mol. The lowest BCUT2D eigenvalue weighted by atomic mass is 9.94. The van der Waals surface area contributed by atoms with E-state index in [0.717, 1.165) is 22.0 Å². The van der Waals surface area contributed by atoms with Crippen molar-refractivity contribution in [2.45, 2.75) is 0 Å². The highest BCUT2D eigenvalue weighted by Gasteiger charge is 2.19. The molecule has 5 nitrogen and oxygen atoms in total. The van der Waals surface area contributed by atoms with Crippen LogP contribution in [0.2, 0.25) is 0 Å². The van der Waals surface area contributed by atoms with Gasteiger partial charge >= 0.3 is 0 Å². The fraction of sp³-hybridized carbons (Fsp3) is 0.0385. The largest absolute Gasteiger partial charge is 0.328 e. The molecule has 0 bridgehead atoms. The molecular weight excluding hydrogens is 386 g/mol. The highest BCUT2D eigenvalue weighted by Crippen LogP contribution is 2.30. The maximum Gasteiger partial charge on any atom is 0.260 e. The van der Waals surface area contributed by atoms with Gasteiger partial charge in [0.15, 0.2) is 5.78 Å². The van der Waals surface area contributed by atoms with Crippen molar-refractivity contribution in [1.82, 2.24) is 14.5 Å². The molecule has 3 aromatic carbocycles. The summed E-state index contributed by atoms with van der Waals surface area (Å²) in [5, 5.41) is 0.827. The number of carbonyl (C=O) groups is 1. The average molecular weight is 405 g/mol. The Morgan fingerprint density at radius 2 is 1.65 bits per heavy atom. The summed E-state index contributed by atoms with van der Waals surface area (Å²) in [5.74, 6) is 0.283. The molecule has 31 heavy (non-hydrogen) atoms. The van der Waals surface area contributed by atoms with Crippen LogP contribution in [0.4, 0.5) is 0 Å². The number of aromatic nitrogens is 3. The molecule has 5 aromatic rings. The number of hydrogen-bond donors (Lipinski definition) is 1. The second kappa shape index (κ2) is 7.54. The van der Waals surface area contributed by atoms with Crippen molar-refractivity contribution in [3.8, 4) is 11.1 Å². The predicted octanol–water partition coefficient (Wildman–Crippen LogP) is 4.98. The number of ketones is 1. The molecule has 5 rings (SSSR count). The summed E-state index contributed by atoms with van der Waals surface area (Å²) < 4.78 is 1.92. The molecule has 2 aromatic heterocycles. The maximum atomic E-state index is 13.3. The minimum absolute atomic E-state index is 0.125. The molecule has 0 spiro atoms. The molecule has 0 aliphatic rings. The van der Waals surface area contributed by atoms with Gasteiger partial charge in [0, 0.05) is 23.5 Å². The number of benzene rings is 3. The molecule has 0 fully saturated rings. The van der Waals surface area contributed by atoms with Crippen LogP contribution in [0.3, 0.4) is 0 Å². The van der Waals surface area contributed by atoms with Crippen LogP contribution in [0.25, 0.3) is 39.1 Å². The third kappa shape index (κ3) is 3.26. The number of nitrogens with one attached hydrogen (secondary N) is 1. The number of para-hydroxylation sites is 3. The molecule has 150 valence electrons. The zero-order valence-electron chi connectivity index (χ0n) is 16.9. The normalized spacial score (nSPS) is 11.5. The van der Waals surface area contributed by atoms with Gasteiger partial charge in [-0.05, 0) is 35.9 Å². The Bertz CT molecular complexity index is 1530. The van der Waals surface area contributed by atoms with Gasteiger partial charge < -0.3 is 9.55 Å². The molecule has 0 saturated carbocycles. The Morgan fingerprint density at radius 1 is 0.935 bits per heavy atom. The highest BCUT2D eigenvalue weighted by atomic mass is 16.1. The van der Waals surface area contributed by atoms with Crippen LogP contribution in [-0.2, 0) is 7.05 Å². The predicted molar refractivity (Wildman–Crippen MR) is 124 cm³/mol. The lowest BCUT2D eigenvalue weighted by molar-refractivity contribution is 0.104. The number of fused-ring (bicyclic) bond motifs is 2. The van der Waals surface area contributed by atoms with E-state index in [-0.39, 0.29) is 11.3 Å². The van der Waals surface area contributed by atoms with Gasteiger partial charge in [0.2, 0.25) is 0 Å². The molecule has 0 atom stereocenters. The number of hydrogen-bond acceptors (Lipinski definition) is 3. The van der Waals surface area contributed by atoms with Crippen LogP contribution in [0, 0.1) is 0 Å². The second-order valence-corrected chi connectivity index (χ2v) is 7.33. The minimum atomic E-state index is -0.405. The summed E-state index contributed by atoms with van der Waals surface area (Å²) in [6.07, 6.45) is 3.08. The molecule has 0 unspecified atom stereocenters. The molecule has 1 N–H and O–H groups in total. The van der Waals surface area contributed by atoms with Gasteiger partial charge in [-0.15, -0.1) is 0 Å². The Balaban J connectivity index is 1.66. The average Bonchev–Trinajstić information content (AvgIpc) is 3.13. The summed E-state index contributed by atoms with van der Waals surface area (Å²) in [6, 6.07) is 24.8. The Hall–Kier alpha value is -4.25. The van der Waals surface area contributed by atoms with E-state index in [0.29, 0.717) is 16.9 Å². The van der Waals surface area contributed by atoms with E-state index in [4.69, 9.17) is 0 Å². The number of aryl methyl sites for hydroxylation is 1. The summed E-state index contributed by atoms with van der Waals surface area (Å²) in [5.41, 5.74) is 3.71. The van der Waals surface area contributed by atoms with Gasteiger partial charge in [-0.3, -0.25) is 9.59 Å². The molecule has 5 heteroatoms. The summed E-state index contributed by atoms with van der Waals surface area (Å²) in [4.78, 5) is 33.6. The fourth-order valence-corrected chi connectivity index (χ4v) is 3.93. The van der Waals surface area contributed by atoms with Gasteiger partial charge in [-0.1, -0.05) is 60.7 Å². The summed E-state index contributed by atoms with van der Waals surface area (Å²) in [6.45, 7) is 0. The minimum Gasteiger partial charge on any atom is -0.328 e. The SMILES string of the molecule is Cn1c(/C=C/C(=O)c2c(-c3ccccc3)c3ccccc3[nH]c2=O)nc2ccccc21. The molecule has 0 aliphatic carbocycles. The van der Waals surface area contributed by atoms with Gasteiger partial charge in [-0.25, -0.2) is 4.98 Å². The first-order chi connectivity index (χ1) is 15.1. The lowest BCUT2D eigenvalue weighted by Gasteiger charge is -2.11. The quantitative estimate of drug-likeness (QED) is 0.339. The molecule has 0 radical (unpaired) electrons. The number of carbonyl (C=O) groups excluding carboxylic acids is 1. The van der Waals surface area contributed by atoms with Crippen molar-refractivity contribution < 1.29 is 4.79 Å². The van der Waals surface area contributed by atoms with Crippen molar-refractivity contribution >= 4 is 33.8 Å². The Labute approximate surface area is 178 Å². The van der Waals surface area contributed by atoms with Crippen LogP contribution in [-0.4, -0.2) is 20.3 Å². The number of H-pyrrole nitrogens is 1. The molecule has 0 aliphatic heterocycles. The zero-order chi connectivity index (χ0) is 21.4. The molecular formula is C26H19N3O2. The van der Waals surface area contributed by atoms with E-state index >= 15 is 0 Å².